The molecule has 0 spiro atoms. The van der Waals surface area contributed by atoms with Gasteiger partial charge < -0.3 is 20.1 Å². The molecule has 0 saturated heterocycles. The number of pyridine rings is 1. The third-order valence-electron chi connectivity index (χ3n) is 3.42. The van der Waals surface area contributed by atoms with Crippen molar-refractivity contribution in [1.82, 2.24) is 4.98 Å². The fraction of sp³-hybridized carbons (Fsp3) is 0.381. The van der Waals surface area contributed by atoms with Crippen LogP contribution in [0.25, 0.3) is 0 Å². The topological polar surface area (TPSA) is 89.6 Å². The molecule has 1 aromatic heterocycles. The van der Waals surface area contributed by atoms with E-state index >= 15 is 0 Å². The fourth-order valence-electron chi connectivity index (χ4n) is 2.32. The Morgan fingerprint density at radius 3 is 2.32 bits per heavy atom. The van der Waals surface area contributed by atoms with Crippen molar-refractivity contribution in [3.8, 4) is 11.5 Å². The van der Waals surface area contributed by atoms with Crippen LogP contribution in [0.15, 0.2) is 36.5 Å². The molecule has 7 nitrogen and oxygen atoms in total. The highest BCUT2D eigenvalue weighted by Gasteiger charge is 2.13. The van der Waals surface area contributed by atoms with Crippen LogP contribution >= 0.6 is 0 Å². The standard InChI is InChI=1S/C21H27N3O4/c1-13(2)12-27-18-8-16(9-19(10-18)28-14(3)4)21(26)24-20-7-6-17(11-22-20)23-15(5)25/h6-11,13-14H,12H2,1-5H3,(H,23,25)(H,22,24,26). The summed E-state index contributed by atoms with van der Waals surface area (Å²) in [6, 6.07) is 8.41. The van der Waals surface area contributed by atoms with Crippen molar-refractivity contribution >= 4 is 23.3 Å². The molecule has 2 rings (SSSR count). The van der Waals surface area contributed by atoms with Crippen LogP contribution in [-0.4, -0.2) is 29.5 Å². The first-order valence-electron chi connectivity index (χ1n) is 9.22. The van der Waals surface area contributed by atoms with Gasteiger partial charge in [0.2, 0.25) is 5.91 Å². The molecule has 0 aliphatic carbocycles. The Kier molecular flexibility index (Phi) is 7.37. The molecule has 0 fully saturated rings. The first-order valence-corrected chi connectivity index (χ1v) is 9.22. The van der Waals surface area contributed by atoms with E-state index in [1.54, 1.807) is 30.3 Å². The number of anilines is 2. The van der Waals surface area contributed by atoms with E-state index in [1.165, 1.54) is 13.1 Å². The van der Waals surface area contributed by atoms with Crippen LogP contribution in [0.2, 0.25) is 0 Å². The number of amides is 2. The van der Waals surface area contributed by atoms with Crippen LogP contribution in [0.3, 0.4) is 0 Å². The summed E-state index contributed by atoms with van der Waals surface area (Å²) in [5.41, 5.74) is 0.965. The molecular weight excluding hydrogens is 358 g/mol. The van der Waals surface area contributed by atoms with Gasteiger partial charge in [-0.25, -0.2) is 4.98 Å². The number of nitrogens with zero attached hydrogens (tertiary/aromatic N) is 1. The van der Waals surface area contributed by atoms with Crippen LogP contribution in [0.1, 0.15) is 45.0 Å². The molecule has 28 heavy (non-hydrogen) atoms. The highest BCUT2D eigenvalue weighted by Crippen LogP contribution is 2.25. The molecule has 7 heteroatoms. The molecule has 0 unspecified atom stereocenters. The summed E-state index contributed by atoms with van der Waals surface area (Å²) >= 11 is 0. The van der Waals surface area contributed by atoms with Gasteiger partial charge in [-0.3, -0.25) is 9.59 Å². The highest BCUT2D eigenvalue weighted by molar-refractivity contribution is 6.04. The van der Waals surface area contributed by atoms with E-state index in [4.69, 9.17) is 9.47 Å². The number of nitrogens with one attached hydrogen (secondary N) is 2. The van der Waals surface area contributed by atoms with Gasteiger partial charge in [-0.05, 0) is 44.0 Å². The Labute approximate surface area is 165 Å². The maximum absolute atomic E-state index is 12.7. The number of carbonyl (C=O) groups is 2. The highest BCUT2D eigenvalue weighted by atomic mass is 16.5. The lowest BCUT2D eigenvalue weighted by molar-refractivity contribution is -0.114. The molecule has 0 radical (unpaired) electrons. The predicted octanol–water partition coefficient (Wildman–Crippen LogP) is 4.11. The zero-order valence-corrected chi connectivity index (χ0v) is 16.9. The summed E-state index contributed by atoms with van der Waals surface area (Å²) in [5, 5.41) is 5.36. The summed E-state index contributed by atoms with van der Waals surface area (Å²) in [5.74, 6) is 1.36. The number of carbonyl (C=O) groups excluding carboxylic acids is 2. The van der Waals surface area contributed by atoms with Crippen molar-refractivity contribution in [3.05, 3.63) is 42.1 Å². The molecule has 0 atom stereocenters. The Hall–Kier alpha value is -3.09. The van der Waals surface area contributed by atoms with Crippen molar-refractivity contribution in [2.24, 2.45) is 5.92 Å². The minimum Gasteiger partial charge on any atom is -0.493 e. The average molecular weight is 385 g/mol. The Balaban J connectivity index is 2.17. The predicted molar refractivity (Wildman–Crippen MR) is 109 cm³/mol. The molecule has 2 amide bonds. The summed E-state index contributed by atoms with van der Waals surface area (Å²) in [6.45, 7) is 9.90. The van der Waals surface area contributed by atoms with Crippen LogP contribution in [-0.2, 0) is 4.79 Å². The van der Waals surface area contributed by atoms with Gasteiger partial charge in [0.1, 0.15) is 17.3 Å². The monoisotopic (exact) mass is 385 g/mol. The van der Waals surface area contributed by atoms with Gasteiger partial charge in [0.05, 0.1) is 24.6 Å². The van der Waals surface area contributed by atoms with Crippen LogP contribution in [0.5, 0.6) is 11.5 Å². The minimum absolute atomic E-state index is 0.0285. The first kappa shape index (κ1) is 21.2. The van der Waals surface area contributed by atoms with E-state index in [-0.39, 0.29) is 17.9 Å². The lowest BCUT2D eigenvalue weighted by atomic mass is 10.1. The van der Waals surface area contributed by atoms with E-state index in [0.29, 0.717) is 41.1 Å². The van der Waals surface area contributed by atoms with Crippen molar-refractivity contribution in [3.63, 3.8) is 0 Å². The number of benzene rings is 1. The summed E-state index contributed by atoms with van der Waals surface area (Å²) in [4.78, 5) is 27.9. The zero-order valence-electron chi connectivity index (χ0n) is 16.9. The van der Waals surface area contributed by atoms with E-state index in [2.05, 4.69) is 29.5 Å². The lowest BCUT2D eigenvalue weighted by Crippen LogP contribution is -2.15. The third-order valence-corrected chi connectivity index (χ3v) is 3.42. The quantitative estimate of drug-likeness (QED) is 0.714. The van der Waals surface area contributed by atoms with Crippen LogP contribution in [0.4, 0.5) is 11.5 Å². The molecule has 0 aliphatic heterocycles. The molecule has 0 saturated carbocycles. The van der Waals surface area contributed by atoms with Gasteiger partial charge in [0.25, 0.3) is 5.91 Å². The number of ether oxygens (including phenoxy) is 2. The smallest absolute Gasteiger partial charge is 0.257 e. The normalized spacial score (nSPS) is 10.7. The molecule has 0 bridgehead atoms. The van der Waals surface area contributed by atoms with E-state index in [0.717, 1.165) is 0 Å². The summed E-state index contributed by atoms with van der Waals surface area (Å²) in [6.07, 6.45) is 1.45. The molecule has 1 heterocycles. The van der Waals surface area contributed by atoms with Gasteiger partial charge in [-0.1, -0.05) is 13.8 Å². The van der Waals surface area contributed by atoms with E-state index in [1.807, 2.05) is 13.8 Å². The van der Waals surface area contributed by atoms with Crippen LogP contribution < -0.4 is 20.1 Å². The molecular formula is C21H27N3O4. The second-order valence-electron chi connectivity index (χ2n) is 7.13. The second kappa shape index (κ2) is 9.73. The molecule has 2 N–H and O–H groups in total. The van der Waals surface area contributed by atoms with Gasteiger partial charge in [0.15, 0.2) is 0 Å². The molecule has 150 valence electrons. The Bertz CT molecular complexity index is 817. The maximum Gasteiger partial charge on any atom is 0.257 e. The maximum atomic E-state index is 12.7. The average Bonchev–Trinajstić information content (AvgIpc) is 2.60. The Morgan fingerprint density at radius 1 is 1.04 bits per heavy atom. The van der Waals surface area contributed by atoms with Crippen molar-refractivity contribution in [1.29, 1.82) is 0 Å². The lowest BCUT2D eigenvalue weighted by Gasteiger charge is -2.15. The third kappa shape index (κ3) is 6.90. The van der Waals surface area contributed by atoms with Crippen molar-refractivity contribution in [2.75, 3.05) is 17.2 Å². The number of aromatic nitrogens is 1. The summed E-state index contributed by atoms with van der Waals surface area (Å²) in [7, 11) is 0. The van der Waals surface area contributed by atoms with Gasteiger partial charge in [0, 0.05) is 18.6 Å². The van der Waals surface area contributed by atoms with Crippen molar-refractivity contribution in [2.45, 2.75) is 40.7 Å². The Morgan fingerprint density at radius 2 is 1.75 bits per heavy atom. The number of rotatable bonds is 8. The van der Waals surface area contributed by atoms with Gasteiger partial charge in [-0.2, -0.15) is 0 Å². The SMILES string of the molecule is CC(=O)Nc1ccc(NC(=O)c2cc(OCC(C)C)cc(OC(C)C)c2)nc1. The van der Waals surface area contributed by atoms with E-state index in [9.17, 15) is 9.59 Å². The minimum atomic E-state index is -0.330. The van der Waals surface area contributed by atoms with Crippen LogP contribution in [0, 0.1) is 5.92 Å². The number of hydrogen-bond acceptors (Lipinski definition) is 5. The first-order chi connectivity index (χ1) is 13.2. The van der Waals surface area contributed by atoms with Gasteiger partial charge >= 0.3 is 0 Å². The molecule has 1 aromatic carbocycles. The second-order valence-corrected chi connectivity index (χ2v) is 7.13. The fourth-order valence-corrected chi connectivity index (χ4v) is 2.32. The number of hydrogen-bond donors (Lipinski definition) is 2. The molecule has 0 aliphatic rings. The van der Waals surface area contributed by atoms with Crippen molar-refractivity contribution < 1.29 is 19.1 Å². The zero-order chi connectivity index (χ0) is 20.7. The van der Waals surface area contributed by atoms with Gasteiger partial charge in [-0.15, -0.1) is 0 Å². The largest absolute Gasteiger partial charge is 0.493 e. The van der Waals surface area contributed by atoms with E-state index < -0.39 is 0 Å². The summed E-state index contributed by atoms with van der Waals surface area (Å²) < 4.78 is 11.5. The molecule has 2 aromatic rings.